The molecule has 0 aliphatic carbocycles. The van der Waals surface area contributed by atoms with Crippen LogP contribution in [0, 0.1) is 5.41 Å². The molecule has 0 bridgehead atoms. The number of alkyl halides is 17. The molecule has 0 aromatic rings. The summed E-state index contributed by atoms with van der Waals surface area (Å²) in [6.07, 6.45) is -13.5. The number of aliphatic hydroxyl groups is 1. The fourth-order valence-electron chi connectivity index (χ4n) is 2.76. The van der Waals surface area contributed by atoms with E-state index >= 15 is 0 Å². The standard InChI is InChI=1S/C22H19F17O7/c1-4-11(41)45-8-14(3,9-46-12(42)5-2)13(43)44-7-10(40)6-15(23,24)16(25,26)17(27,28)18(29,30)19(31,32)20(33,34)21(35,36)22(37,38)39/h4-5,10,40H,1-2,6-9H2,3H3. The summed E-state index contributed by atoms with van der Waals surface area (Å²) in [4.78, 5) is 34.9. The first kappa shape index (κ1) is 42.7. The first-order valence-electron chi connectivity index (χ1n) is 11.3. The van der Waals surface area contributed by atoms with Gasteiger partial charge in [-0.25, -0.2) is 9.59 Å². The van der Waals surface area contributed by atoms with Crippen molar-refractivity contribution >= 4 is 17.9 Å². The SMILES string of the molecule is C=CC(=O)OCC(C)(COC(=O)C=C)C(=O)OCC(O)CC(F)(F)C(F)(F)C(F)(F)C(F)(F)C(F)(F)C(F)(F)C(F)(F)C(F)(F)F. The van der Waals surface area contributed by atoms with Gasteiger partial charge in [0.05, 0.1) is 6.10 Å². The van der Waals surface area contributed by atoms with Crippen molar-refractivity contribution in [3.05, 3.63) is 25.3 Å². The van der Waals surface area contributed by atoms with Crippen molar-refractivity contribution in [1.82, 2.24) is 0 Å². The van der Waals surface area contributed by atoms with Crippen LogP contribution in [0.1, 0.15) is 13.3 Å². The van der Waals surface area contributed by atoms with E-state index in [0.29, 0.717) is 12.2 Å². The molecule has 0 aromatic carbocycles. The molecule has 1 unspecified atom stereocenters. The first-order chi connectivity index (χ1) is 20.2. The van der Waals surface area contributed by atoms with Gasteiger partial charge in [0.25, 0.3) is 0 Å². The van der Waals surface area contributed by atoms with E-state index in [9.17, 15) is 94.1 Å². The summed E-state index contributed by atoms with van der Waals surface area (Å²) >= 11 is 0. The van der Waals surface area contributed by atoms with Gasteiger partial charge in [-0.3, -0.25) is 4.79 Å². The van der Waals surface area contributed by atoms with Crippen molar-refractivity contribution in [3.8, 4) is 0 Å². The zero-order valence-corrected chi connectivity index (χ0v) is 22.3. The van der Waals surface area contributed by atoms with E-state index in [0.717, 1.165) is 6.92 Å². The van der Waals surface area contributed by atoms with Gasteiger partial charge in [-0.1, -0.05) is 13.2 Å². The monoisotopic (exact) mass is 718 g/mol. The molecule has 0 spiro atoms. The number of esters is 3. The summed E-state index contributed by atoms with van der Waals surface area (Å²) < 4.78 is 240. The quantitative estimate of drug-likeness (QED) is 0.0885. The molecule has 0 aromatic heterocycles. The van der Waals surface area contributed by atoms with E-state index in [1.807, 2.05) is 0 Å². The van der Waals surface area contributed by atoms with Gasteiger partial charge < -0.3 is 19.3 Å². The van der Waals surface area contributed by atoms with Gasteiger partial charge in [0.1, 0.15) is 25.2 Å². The van der Waals surface area contributed by atoms with Crippen LogP contribution in [0.15, 0.2) is 25.3 Å². The van der Waals surface area contributed by atoms with E-state index in [4.69, 9.17) is 0 Å². The highest BCUT2D eigenvalue weighted by atomic mass is 19.4. The molecular formula is C22H19F17O7. The van der Waals surface area contributed by atoms with Crippen LogP contribution in [0.3, 0.4) is 0 Å². The average molecular weight is 718 g/mol. The highest BCUT2D eigenvalue weighted by molar-refractivity contribution is 5.83. The van der Waals surface area contributed by atoms with E-state index in [1.165, 1.54) is 0 Å². The minimum Gasteiger partial charge on any atom is -0.462 e. The lowest BCUT2D eigenvalue weighted by Gasteiger charge is -2.43. The van der Waals surface area contributed by atoms with Crippen LogP contribution in [0.5, 0.6) is 0 Å². The highest BCUT2D eigenvalue weighted by Crippen LogP contribution is 2.64. The zero-order valence-electron chi connectivity index (χ0n) is 22.3. The van der Waals surface area contributed by atoms with Crippen LogP contribution in [-0.4, -0.2) is 96.6 Å². The number of aliphatic hydroxyl groups excluding tert-OH is 1. The van der Waals surface area contributed by atoms with Gasteiger partial charge in [0, 0.05) is 18.6 Å². The number of rotatable bonds is 17. The van der Waals surface area contributed by atoms with E-state index in [-0.39, 0.29) is 0 Å². The summed E-state index contributed by atoms with van der Waals surface area (Å²) in [6.45, 7) is 2.51. The number of carbonyl (C=O) groups is 3. The van der Waals surface area contributed by atoms with Crippen molar-refractivity contribution in [2.45, 2.75) is 67.1 Å². The number of halogens is 17. The zero-order chi connectivity index (χ0) is 37.2. The van der Waals surface area contributed by atoms with Gasteiger partial charge in [0.2, 0.25) is 0 Å². The summed E-state index contributed by atoms with van der Waals surface area (Å²) in [5, 5.41) is 9.52. The smallest absolute Gasteiger partial charge is 0.460 e. The lowest BCUT2D eigenvalue weighted by Crippen LogP contribution is -2.74. The van der Waals surface area contributed by atoms with Crippen LogP contribution in [-0.2, 0) is 28.6 Å². The van der Waals surface area contributed by atoms with Crippen LogP contribution in [0.2, 0.25) is 0 Å². The number of carbonyl (C=O) groups excluding carboxylic acids is 3. The van der Waals surface area contributed by atoms with E-state index < -0.39 is 103 Å². The topological polar surface area (TPSA) is 99.1 Å². The Morgan fingerprint density at radius 3 is 1.26 bits per heavy atom. The molecule has 1 N–H and O–H groups in total. The Hall–Kier alpha value is -3.34. The maximum Gasteiger partial charge on any atom is 0.460 e. The molecule has 0 fully saturated rings. The maximum atomic E-state index is 14.1. The second-order valence-electron chi connectivity index (χ2n) is 9.29. The Morgan fingerprint density at radius 1 is 0.609 bits per heavy atom. The highest BCUT2D eigenvalue weighted by Gasteiger charge is 2.95. The molecular weight excluding hydrogens is 699 g/mol. The lowest BCUT2D eigenvalue weighted by molar-refractivity contribution is -0.462. The molecule has 0 saturated heterocycles. The van der Waals surface area contributed by atoms with E-state index in [2.05, 4.69) is 27.4 Å². The minimum absolute atomic E-state index is 0.533. The Balaban J connectivity index is 6.21. The second-order valence-corrected chi connectivity index (χ2v) is 9.29. The third-order valence-electron chi connectivity index (χ3n) is 5.58. The normalized spacial score (nSPS) is 15.1. The van der Waals surface area contributed by atoms with E-state index in [1.54, 1.807) is 0 Å². The van der Waals surface area contributed by atoms with Crippen molar-refractivity contribution in [2.75, 3.05) is 19.8 Å². The molecule has 0 heterocycles. The number of ether oxygens (including phenoxy) is 3. The van der Waals surface area contributed by atoms with Gasteiger partial charge in [0.15, 0.2) is 0 Å². The van der Waals surface area contributed by atoms with Crippen LogP contribution >= 0.6 is 0 Å². The molecule has 0 radical (unpaired) electrons. The first-order valence-corrected chi connectivity index (χ1v) is 11.3. The van der Waals surface area contributed by atoms with Gasteiger partial charge in [-0.15, -0.1) is 0 Å². The predicted octanol–water partition coefficient (Wildman–Crippen LogP) is 5.75. The molecule has 0 saturated carbocycles. The Kier molecular flexibility index (Phi) is 12.4. The predicted molar refractivity (Wildman–Crippen MR) is 113 cm³/mol. The maximum absolute atomic E-state index is 14.1. The molecule has 0 aliphatic rings. The fraction of sp³-hybridized carbons (Fsp3) is 0.682. The van der Waals surface area contributed by atoms with Gasteiger partial charge in [-0.2, -0.15) is 74.6 Å². The largest absolute Gasteiger partial charge is 0.462 e. The Labute approximate surface area is 244 Å². The Bertz CT molecular complexity index is 1120. The van der Waals surface area contributed by atoms with Crippen LogP contribution in [0.4, 0.5) is 74.6 Å². The fourth-order valence-corrected chi connectivity index (χ4v) is 2.76. The van der Waals surface area contributed by atoms with Crippen molar-refractivity contribution in [2.24, 2.45) is 5.41 Å². The molecule has 1 atom stereocenters. The van der Waals surface area contributed by atoms with Crippen LogP contribution in [0.25, 0.3) is 0 Å². The van der Waals surface area contributed by atoms with Gasteiger partial charge >= 0.3 is 65.5 Å². The molecule has 0 amide bonds. The molecule has 24 heteroatoms. The Morgan fingerprint density at radius 2 is 0.935 bits per heavy atom. The molecule has 46 heavy (non-hydrogen) atoms. The van der Waals surface area contributed by atoms with Crippen LogP contribution < -0.4 is 0 Å². The molecule has 7 nitrogen and oxygen atoms in total. The summed E-state index contributed by atoms with van der Waals surface area (Å²) in [7, 11) is 0. The number of hydrogen-bond donors (Lipinski definition) is 1. The number of hydrogen-bond acceptors (Lipinski definition) is 7. The van der Waals surface area contributed by atoms with Crippen molar-refractivity contribution in [3.63, 3.8) is 0 Å². The molecule has 0 rings (SSSR count). The third-order valence-corrected chi connectivity index (χ3v) is 5.58. The summed E-state index contributed by atoms with van der Waals surface area (Å²) in [5.74, 6) is -62.4. The molecule has 268 valence electrons. The summed E-state index contributed by atoms with van der Waals surface area (Å²) in [6, 6.07) is 0. The van der Waals surface area contributed by atoms with Gasteiger partial charge in [-0.05, 0) is 6.92 Å². The average Bonchev–Trinajstić information content (AvgIpc) is 2.91. The van der Waals surface area contributed by atoms with Crippen molar-refractivity contribution < 1.29 is 108 Å². The minimum atomic E-state index is -8.81. The third kappa shape index (κ3) is 7.61. The molecule has 0 aliphatic heterocycles. The van der Waals surface area contributed by atoms with Crippen molar-refractivity contribution in [1.29, 1.82) is 0 Å². The lowest BCUT2D eigenvalue weighted by atomic mass is 9.87. The summed E-state index contributed by atoms with van der Waals surface area (Å²) in [5.41, 5.74) is -2.34. The second kappa shape index (κ2) is 13.4.